The first-order valence-corrected chi connectivity index (χ1v) is 7.79. The van der Waals surface area contributed by atoms with Crippen molar-refractivity contribution in [2.75, 3.05) is 0 Å². The molecule has 3 nitrogen and oxygen atoms in total. The molecule has 4 heteroatoms. The smallest absolute Gasteiger partial charge is 0.131 e. The van der Waals surface area contributed by atoms with Crippen LogP contribution in [0.5, 0.6) is 5.75 Å². The summed E-state index contributed by atoms with van der Waals surface area (Å²) in [6.07, 6.45) is 2.16. The molecule has 0 bridgehead atoms. The van der Waals surface area contributed by atoms with Crippen LogP contribution in [0, 0.1) is 13.8 Å². The summed E-state index contributed by atoms with van der Waals surface area (Å²) in [5.74, 6) is 0.896. The second kappa shape index (κ2) is 6.86. The molecule has 1 heterocycles. The van der Waals surface area contributed by atoms with E-state index in [1.807, 2.05) is 26.0 Å². The number of hydrogen-bond donors (Lipinski definition) is 1. The van der Waals surface area contributed by atoms with Crippen LogP contribution < -0.4 is 4.74 Å². The first kappa shape index (κ1) is 15.0. The van der Waals surface area contributed by atoms with Gasteiger partial charge in [0.1, 0.15) is 12.4 Å². The fraction of sp³-hybridized carbons (Fsp3) is 0.438. The van der Waals surface area contributed by atoms with Crippen LogP contribution >= 0.6 is 11.3 Å². The lowest BCUT2D eigenvalue weighted by Gasteiger charge is -2.12. The Balaban J connectivity index is 2.06. The molecule has 0 aliphatic carbocycles. The van der Waals surface area contributed by atoms with Crippen molar-refractivity contribution in [1.82, 2.24) is 4.98 Å². The SMILES string of the molecule is CCCc1nc(COc2c(C)cc(CO)cc2C)cs1. The lowest BCUT2D eigenvalue weighted by Crippen LogP contribution is -2.01. The maximum atomic E-state index is 9.19. The van der Waals surface area contributed by atoms with Gasteiger partial charge in [-0.15, -0.1) is 11.3 Å². The fourth-order valence-electron chi connectivity index (χ4n) is 2.25. The summed E-state index contributed by atoms with van der Waals surface area (Å²) in [6, 6.07) is 3.93. The third-order valence-corrected chi connectivity index (χ3v) is 4.09. The molecular formula is C16H21NO2S. The molecule has 20 heavy (non-hydrogen) atoms. The molecule has 0 atom stereocenters. The van der Waals surface area contributed by atoms with Gasteiger partial charge in [0.25, 0.3) is 0 Å². The van der Waals surface area contributed by atoms with Gasteiger partial charge in [-0.1, -0.05) is 19.1 Å². The maximum Gasteiger partial charge on any atom is 0.131 e. The summed E-state index contributed by atoms with van der Waals surface area (Å²) in [6.45, 7) is 6.73. The van der Waals surface area contributed by atoms with Gasteiger partial charge >= 0.3 is 0 Å². The number of benzene rings is 1. The van der Waals surface area contributed by atoms with Crippen LogP contribution in [0.15, 0.2) is 17.5 Å². The van der Waals surface area contributed by atoms with Gasteiger partial charge in [-0.05, 0) is 43.4 Å². The predicted octanol–water partition coefficient (Wildman–Crippen LogP) is 3.78. The molecule has 1 aromatic heterocycles. The van der Waals surface area contributed by atoms with Gasteiger partial charge in [-0.3, -0.25) is 0 Å². The Bertz CT molecular complexity index is 555. The Morgan fingerprint density at radius 3 is 2.55 bits per heavy atom. The van der Waals surface area contributed by atoms with Crippen LogP contribution in [0.1, 0.15) is 40.7 Å². The number of thiazole rings is 1. The van der Waals surface area contributed by atoms with Gasteiger partial charge in [0, 0.05) is 5.38 Å². The highest BCUT2D eigenvalue weighted by Gasteiger charge is 2.08. The molecule has 0 unspecified atom stereocenters. The van der Waals surface area contributed by atoms with Gasteiger partial charge in [-0.2, -0.15) is 0 Å². The van der Waals surface area contributed by atoms with E-state index in [-0.39, 0.29) is 6.61 Å². The Hall–Kier alpha value is -1.39. The molecule has 0 aliphatic rings. The Morgan fingerprint density at radius 2 is 1.95 bits per heavy atom. The number of hydrogen-bond acceptors (Lipinski definition) is 4. The van der Waals surface area contributed by atoms with Gasteiger partial charge in [-0.25, -0.2) is 4.98 Å². The average Bonchev–Trinajstić information content (AvgIpc) is 2.85. The Labute approximate surface area is 124 Å². The van der Waals surface area contributed by atoms with E-state index >= 15 is 0 Å². The molecule has 0 spiro atoms. The molecule has 0 saturated carbocycles. The van der Waals surface area contributed by atoms with Gasteiger partial charge in [0.05, 0.1) is 17.3 Å². The second-order valence-electron chi connectivity index (χ2n) is 4.99. The largest absolute Gasteiger partial charge is 0.487 e. The van der Waals surface area contributed by atoms with E-state index in [1.165, 1.54) is 5.01 Å². The first-order chi connectivity index (χ1) is 9.63. The molecule has 0 fully saturated rings. The Morgan fingerprint density at radius 1 is 1.25 bits per heavy atom. The van der Waals surface area contributed by atoms with E-state index in [2.05, 4.69) is 17.3 Å². The topological polar surface area (TPSA) is 42.4 Å². The molecule has 1 aromatic carbocycles. The van der Waals surface area contributed by atoms with Crippen LogP contribution in [-0.4, -0.2) is 10.1 Å². The van der Waals surface area contributed by atoms with E-state index < -0.39 is 0 Å². The molecule has 2 aromatic rings. The number of aryl methyl sites for hydroxylation is 3. The van der Waals surface area contributed by atoms with Gasteiger partial charge < -0.3 is 9.84 Å². The summed E-state index contributed by atoms with van der Waals surface area (Å²) in [5.41, 5.74) is 4.02. The summed E-state index contributed by atoms with van der Waals surface area (Å²) in [7, 11) is 0. The molecule has 0 amide bonds. The van der Waals surface area contributed by atoms with E-state index in [0.717, 1.165) is 41.0 Å². The zero-order valence-corrected chi connectivity index (χ0v) is 13.1. The van der Waals surface area contributed by atoms with E-state index in [4.69, 9.17) is 4.74 Å². The molecular weight excluding hydrogens is 270 g/mol. The maximum absolute atomic E-state index is 9.19. The highest BCUT2D eigenvalue weighted by Crippen LogP contribution is 2.26. The third kappa shape index (κ3) is 3.58. The number of aliphatic hydroxyl groups is 1. The minimum atomic E-state index is 0.0639. The van der Waals surface area contributed by atoms with Crippen molar-refractivity contribution in [2.45, 2.75) is 46.8 Å². The number of rotatable bonds is 6. The predicted molar refractivity (Wildman–Crippen MR) is 82.3 cm³/mol. The van der Waals surface area contributed by atoms with Crippen LogP contribution in [-0.2, 0) is 19.6 Å². The molecule has 0 aliphatic heterocycles. The average molecular weight is 291 g/mol. The highest BCUT2D eigenvalue weighted by atomic mass is 32.1. The minimum Gasteiger partial charge on any atom is -0.487 e. The van der Waals surface area contributed by atoms with Crippen molar-refractivity contribution in [2.24, 2.45) is 0 Å². The van der Waals surface area contributed by atoms with Crippen LogP contribution in [0.2, 0.25) is 0 Å². The quantitative estimate of drug-likeness (QED) is 0.880. The van der Waals surface area contributed by atoms with Crippen molar-refractivity contribution in [3.8, 4) is 5.75 Å². The van der Waals surface area contributed by atoms with Crippen molar-refractivity contribution >= 4 is 11.3 Å². The van der Waals surface area contributed by atoms with Crippen molar-refractivity contribution in [1.29, 1.82) is 0 Å². The summed E-state index contributed by atoms with van der Waals surface area (Å²) in [4.78, 5) is 4.56. The molecule has 1 N–H and O–H groups in total. The summed E-state index contributed by atoms with van der Waals surface area (Å²) >= 11 is 1.70. The standard InChI is InChI=1S/C16H21NO2S/c1-4-5-15-17-14(10-20-15)9-19-16-11(2)6-13(8-18)7-12(16)3/h6-7,10,18H,4-5,8-9H2,1-3H3. The molecule has 2 rings (SSSR count). The fourth-order valence-corrected chi connectivity index (χ4v) is 3.13. The van der Waals surface area contributed by atoms with Crippen molar-refractivity contribution < 1.29 is 9.84 Å². The number of aromatic nitrogens is 1. The number of aliphatic hydroxyl groups excluding tert-OH is 1. The van der Waals surface area contributed by atoms with E-state index in [9.17, 15) is 5.11 Å². The van der Waals surface area contributed by atoms with Gasteiger partial charge in [0.15, 0.2) is 0 Å². The van der Waals surface area contributed by atoms with Crippen LogP contribution in [0.4, 0.5) is 0 Å². The molecule has 0 saturated heterocycles. The summed E-state index contributed by atoms with van der Waals surface area (Å²) < 4.78 is 5.91. The summed E-state index contributed by atoms with van der Waals surface area (Å²) in [5, 5.41) is 12.4. The number of nitrogens with zero attached hydrogens (tertiary/aromatic N) is 1. The normalized spacial score (nSPS) is 10.8. The van der Waals surface area contributed by atoms with Crippen LogP contribution in [0.25, 0.3) is 0 Å². The zero-order valence-electron chi connectivity index (χ0n) is 12.3. The molecule has 0 radical (unpaired) electrons. The minimum absolute atomic E-state index is 0.0639. The lowest BCUT2D eigenvalue weighted by atomic mass is 10.1. The van der Waals surface area contributed by atoms with Crippen molar-refractivity contribution in [3.63, 3.8) is 0 Å². The highest BCUT2D eigenvalue weighted by molar-refractivity contribution is 7.09. The monoisotopic (exact) mass is 291 g/mol. The second-order valence-corrected chi connectivity index (χ2v) is 5.93. The molecule has 108 valence electrons. The lowest BCUT2D eigenvalue weighted by molar-refractivity contribution is 0.279. The Kier molecular flexibility index (Phi) is 5.15. The third-order valence-electron chi connectivity index (χ3n) is 3.13. The van der Waals surface area contributed by atoms with Crippen molar-refractivity contribution in [3.05, 3.63) is 44.9 Å². The number of ether oxygens (including phenoxy) is 1. The van der Waals surface area contributed by atoms with Gasteiger partial charge in [0.2, 0.25) is 0 Å². The zero-order chi connectivity index (χ0) is 14.5. The first-order valence-electron chi connectivity index (χ1n) is 6.91. The van der Waals surface area contributed by atoms with E-state index in [1.54, 1.807) is 11.3 Å². The van der Waals surface area contributed by atoms with Crippen LogP contribution in [0.3, 0.4) is 0 Å². The van der Waals surface area contributed by atoms with E-state index in [0.29, 0.717) is 6.61 Å².